The van der Waals surface area contributed by atoms with Gasteiger partial charge in [-0.3, -0.25) is 0 Å². The van der Waals surface area contributed by atoms with Crippen LogP contribution in [0.5, 0.6) is 0 Å². The van der Waals surface area contributed by atoms with E-state index in [-0.39, 0.29) is 11.3 Å². The fraction of sp³-hybridized carbons (Fsp3) is 0.273. The third-order valence-electron chi connectivity index (χ3n) is 2.36. The van der Waals surface area contributed by atoms with Crippen molar-refractivity contribution >= 4 is 15.7 Å². The Bertz CT molecular complexity index is 657. The second kappa shape index (κ2) is 5.65. The largest absolute Gasteiger partial charge is 0.399 e. The zero-order valence-corrected chi connectivity index (χ0v) is 10.9. The minimum absolute atomic E-state index is 0.0763. The molecule has 6 nitrogen and oxygen atoms in total. The number of nitrogens with zero attached hydrogens (tertiary/aromatic N) is 3. The number of benzene rings is 1. The van der Waals surface area contributed by atoms with E-state index < -0.39 is 33.8 Å². The monoisotopic (exact) mass is 282 g/mol. The summed E-state index contributed by atoms with van der Waals surface area (Å²) in [5.41, 5.74) is 5.66. The molecule has 0 unspecified atom stereocenters. The van der Waals surface area contributed by atoms with E-state index in [9.17, 15) is 12.8 Å². The molecule has 0 spiro atoms. The Hall–Kier alpha value is -2.16. The van der Waals surface area contributed by atoms with Crippen molar-refractivity contribution in [3.05, 3.63) is 23.5 Å². The number of anilines is 1. The van der Waals surface area contributed by atoms with Crippen molar-refractivity contribution in [1.29, 1.82) is 10.5 Å². The highest BCUT2D eigenvalue weighted by Crippen LogP contribution is 2.24. The van der Waals surface area contributed by atoms with Gasteiger partial charge in [-0.25, -0.2) is 12.8 Å². The molecule has 1 aromatic carbocycles. The van der Waals surface area contributed by atoms with Crippen LogP contribution in [-0.4, -0.2) is 25.8 Å². The highest BCUT2D eigenvalue weighted by Gasteiger charge is 2.28. The quantitative estimate of drug-likeness (QED) is 0.647. The number of sulfonamides is 1. The molecule has 0 aromatic heterocycles. The van der Waals surface area contributed by atoms with E-state index in [1.54, 1.807) is 12.1 Å². The molecular weight excluding hydrogens is 271 g/mol. The van der Waals surface area contributed by atoms with Crippen LogP contribution in [0.25, 0.3) is 0 Å². The maximum atomic E-state index is 13.9. The van der Waals surface area contributed by atoms with Gasteiger partial charge in [-0.1, -0.05) is 0 Å². The minimum Gasteiger partial charge on any atom is -0.399 e. The Morgan fingerprint density at radius 1 is 1.32 bits per heavy atom. The lowest BCUT2D eigenvalue weighted by Gasteiger charge is -2.17. The van der Waals surface area contributed by atoms with Crippen LogP contribution in [-0.2, 0) is 10.0 Å². The van der Waals surface area contributed by atoms with Crippen molar-refractivity contribution in [1.82, 2.24) is 4.31 Å². The summed E-state index contributed by atoms with van der Waals surface area (Å²) >= 11 is 0. The number of halogens is 1. The van der Waals surface area contributed by atoms with Crippen molar-refractivity contribution < 1.29 is 12.8 Å². The predicted octanol–water partition coefficient (Wildman–Crippen LogP) is 0.754. The third-order valence-corrected chi connectivity index (χ3v) is 4.15. The number of nitrogen functional groups attached to an aromatic ring is 1. The van der Waals surface area contributed by atoms with Gasteiger partial charge >= 0.3 is 0 Å². The maximum Gasteiger partial charge on any atom is 0.247 e. The topological polar surface area (TPSA) is 111 Å². The van der Waals surface area contributed by atoms with E-state index >= 15 is 0 Å². The molecule has 0 bridgehead atoms. The Kier molecular flexibility index (Phi) is 4.43. The first-order valence-electron chi connectivity index (χ1n) is 5.14. The fourth-order valence-corrected chi connectivity index (χ4v) is 2.88. The molecule has 0 fully saturated rings. The van der Waals surface area contributed by atoms with E-state index in [1.807, 2.05) is 0 Å². The first-order valence-corrected chi connectivity index (χ1v) is 6.58. The molecule has 1 aromatic rings. The molecule has 0 aliphatic rings. The van der Waals surface area contributed by atoms with Gasteiger partial charge in [0.25, 0.3) is 0 Å². The molecule has 0 aliphatic heterocycles. The number of nitriles is 2. The Balaban J connectivity index is 3.43. The molecule has 0 atom stereocenters. The lowest BCUT2D eigenvalue weighted by atomic mass is 10.2. The van der Waals surface area contributed by atoms with E-state index in [1.165, 1.54) is 13.0 Å². The summed E-state index contributed by atoms with van der Waals surface area (Å²) in [6.07, 6.45) is 0. The van der Waals surface area contributed by atoms with Gasteiger partial charge in [0.1, 0.15) is 23.8 Å². The van der Waals surface area contributed by atoms with E-state index in [0.29, 0.717) is 4.31 Å². The van der Waals surface area contributed by atoms with Gasteiger partial charge < -0.3 is 5.73 Å². The molecule has 0 saturated carbocycles. The van der Waals surface area contributed by atoms with Crippen LogP contribution in [0.3, 0.4) is 0 Å². The lowest BCUT2D eigenvalue weighted by molar-refractivity contribution is 0.471. The average molecular weight is 282 g/mol. The van der Waals surface area contributed by atoms with Gasteiger partial charge in [0.05, 0.1) is 12.1 Å². The van der Waals surface area contributed by atoms with Crippen LogP contribution in [0.15, 0.2) is 17.0 Å². The highest BCUT2D eigenvalue weighted by atomic mass is 32.2. The normalized spacial score (nSPS) is 11.0. The van der Waals surface area contributed by atoms with Crippen molar-refractivity contribution in [2.45, 2.75) is 11.8 Å². The summed E-state index contributed by atoms with van der Waals surface area (Å²) in [7, 11) is -4.27. The number of hydrogen-bond donors (Lipinski definition) is 1. The van der Waals surface area contributed by atoms with Crippen LogP contribution in [0.4, 0.5) is 10.1 Å². The predicted molar refractivity (Wildman–Crippen MR) is 65.5 cm³/mol. The molecule has 0 aliphatic carbocycles. The molecule has 19 heavy (non-hydrogen) atoms. The molecule has 0 radical (unpaired) electrons. The third kappa shape index (κ3) is 2.99. The van der Waals surface area contributed by atoms with Gasteiger partial charge in [0, 0.05) is 5.69 Å². The summed E-state index contributed by atoms with van der Waals surface area (Å²) in [5, 5.41) is 17.1. The first kappa shape index (κ1) is 14.9. The average Bonchev–Trinajstić information content (AvgIpc) is 2.33. The second-order valence-corrected chi connectivity index (χ2v) is 5.65. The van der Waals surface area contributed by atoms with Gasteiger partial charge in [0.2, 0.25) is 10.0 Å². The van der Waals surface area contributed by atoms with Crippen molar-refractivity contribution in [3.63, 3.8) is 0 Å². The fourth-order valence-electron chi connectivity index (χ4n) is 1.47. The summed E-state index contributed by atoms with van der Waals surface area (Å²) in [6, 6.07) is 5.51. The van der Waals surface area contributed by atoms with Gasteiger partial charge in [0.15, 0.2) is 0 Å². The molecule has 100 valence electrons. The van der Waals surface area contributed by atoms with Crippen LogP contribution >= 0.6 is 0 Å². The Labute approximate surface area is 110 Å². The standard InChI is InChI=1S/C11H11FN4O2S/c1-8-6-9(15)7-10(11(8)12)19(17,18)16(4-2-13)5-3-14/h6-7H,4-5,15H2,1H3. The SMILES string of the molecule is Cc1cc(N)cc(S(=O)(=O)N(CC#N)CC#N)c1F. The van der Waals surface area contributed by atoms with Crippen LogP contribution in [0, 0.1) is 35.4 Å². The van der Waals surface area contributed by atoms with Gasteiger partial charge in [-0.2, -0.15) is 14.8 Å². The molecule has 1 rings (SSSR count). The van der Waals surface area contributed by atoms with Crippen molar-refractivity contribution in [3.8, 4) is 12.1 Å². The number of rotatable bonds is 4. The number of aryl methyl sites for hydroxylation is 1. The smallest absolute Gasteiger partial charge is 0.247 e. The Morgan fingerprint density at radius 3 is 2.32 bits per heavy atom. The van der Waals surface area contributed by atoms with Gasteiger partial charge in [-0.15, -0.1) is 0 Å². The number of hydrogen-bond acceptors (Lipinski definition) is 5. The van der Waals surface area contributed by atoms with Crippen LogP contribution < -0.4 is 5.73 Å². The molecule has 0 heterocycles. The second-order valence-electron chi connectivity index (χ2n) is 3.74. The van der Waals surface area contributed by atoms with E-state index in [0.717, 1.165) is 6.07 Å². The van der Waals surface area contributed by atoms with Crippen molar-refractivity contribution in [2.24, 2.45) is 0 Å². The Morgan fingerprint density at radius 2 is 1.84 bits per heavy atom. The van der Waals surface area contributed by atoms with Crippen LogP contribution in [0.2, 0.25) is 0 Å². The first-order chi connectivity index (χ1) is 8.84. The molecular formula is C11H11FN4O2S. The summed E-state index contributed by atoms with van der Waals surface area (Å²) in [4.78, 5) is -0.629. The molecule has 8 heteroatoms. The van der Waals surface area contributed by atoms with E-state index in [2.05, 4.69) is 0 Å². The molecule has 0 amide bonds. The zero-order valence-electron chi connectivity index (χ0n) is 10.1. The lowest BCUT2D eigenvalue weighted by Crippen LogP contribution is -2.32. The molecule has 0 saturated heterocycles. The van der Waals surface area contributed by atoms with Gasteiger partial charge in [-0.05, 0) is 24.6 Å². The molecule has 2 N–H and O–H groups in total. The summed E-state index contributed by atoms with van der Waals surface area (Å²) < 4.78 is 38.8. The summed E-state index contributed by atoms with van der Waals surface area (Å²) in [6.45, 7) is 0.302. The zero-order chi connectivity index (χ0) is 14.6. The number of nitrogens with two attached hydrogens (primary N) is 1. The van der Waals surface area contributed by atoms with Crippen molar-refractivity contribution in [2.75, 3.05) is 18.8 Å². The highest BCUT2D eigenvalue weighted by molar-refractivity contribution is 7.89. The van der Waals surface area contributed by atoms with E-state index in [4.69, 9.17) is 16.3 Å². The minimum atomic E-state index is -4.27. The summed E-state index contributed by atoms with van der Waals surface area (Å²) in [5.74, 6) is -0.935. The maximum absolute atomic E-state index is 13.9. The van der Waals surface area contributed by atoms with Crippen LogP contribution in [0.1, 0.15) is 5.56 Å².